The Hall–Kier alpha value is -8.86. The summed E-state index contributed by atoms with van der Waals surface area (Å²) in [5, 5.41) is 6.15. The molecule has 0 amide bonds. The first-order chi connectivity index (χ1) is 36.9. The van der Waals surface area contributed by atoms with E-state index in [1.165, 1.54) is 0 Å². The Bertz CT molecular complexity index is 3990. The Morgan fingerprint density at radius 2 is 0.605 bits per heavy atom. The zero-order valence-electron chi connectivity index (χ0n) is 44.3. The summed E-state index contributed by atoms with van der Waals surface area (Å²) in [5.74, 6) is -0.644. The number of nitrogens with zero attached hydrogens (tertiary/aromatic N) is 2. The molecule has 0 saturated heterocycles. The molecule has 0 aliphatic rings. The van der Waals surface area contributed by atoms with Gasteiger partial charge in [-0.05, 0) is 203 Å². The summed E-state index contributed by atoms with van der Waals surface area (Å²) < 4.78 is 36.4. The third-order valence-electron chi connectivity index (χ3n) is 16.1. The molecule has 0 aromatic heterocycles. The van der Waals surface area contributed by atoms with E-state index in [1.807, 2.05) is 48.5 Å². The molecule has 0 N–H and O–H groups in total. The molecule has 0 heterocycles. The van der Waals surface area contributed by atoms with E-state index in [-0.39, 0.29) is 11.6 Å². The first-order valence-electron chi connectivity index (χ1n) is 26.2. The normalized spacial score (nSPS) is 11.6. The lowest BCUT2D eigenvalue weighted by atomic mass is 9.89. The highest BCUT2D eigenvalue weighted by Gasteiger charge is 2.30. The Kier molecular flexibility index (Phi) is 12.1. The van der Waals surface area contributed by atoms with Crippen LogP contribution in [0.25, 0.3) is 76.8 Å². The first-order valence-corrected chi connectivity index (χ1v) is 26.2. The third-order valence-corrected chi connectivity index (χ3v) is 16.1. The quantitative estimate of drug-likeness (QED) is 0.126. The van der Waals surface area contributed by atoms with E-state index in [1.54, 1.807) is 12.1 Å². The second-order valence-corrected chi connectivity index (χ2v) is 20.7. The fourth-order valence-corrected chi connectivity index (χ4v) is 11.8. The number of rotatable bonds is 10. The number of benzene rings is 12. The second-order valence-electron chi connectivity index (χ2n) is 20.7. The Morgan fingerprint density at radius 3 is 0.974 bits per heavy atom. The van der Waals surface area contributed by atoms with E-state index >= 15 is 8.78 Å². The molecule has 76 heavy (non-hydrogen) atoms. The minimum atomic E-state index is -0.322. The van der Waals surface area contributed by atoms with Crippen LogP contribution >= 0.6 is 0 Å². The number of hydrogen-bond donors (Lipinski definition) is 0. The summed E-state index contributed by atoms with van der Waals surface area (Å²) >= 11 is 0. The maximum atomic E-state index is 18.2. The zero-order valence-corrected chi connectivity index (χ0v) is 44.3. The van der Waals surface area contributed by atoms with Crippen LogP contribution in [0.15, 0.2) is 206 Å². The van der Waals surface area contributed by atoms with Gasteiger partial charge >= 0.3 is 0 Å². The van der Waals surface area contributed by atoms with Crippen molar-refractivity contribution >= 4 is 66.4 Å². The van der Waals surface area contributed by atoms with Crippen molar-refractivity contribution in [1.29, 1.82) is 0 Å². The van der Waals surface area contributed by atoms with E-state index in [0.29, 0.717) is 11.4 Å². The Balaban J connectivity index is 1.16. The molecular weight excluding hydrogens is 931 g/mol. The fraction of sp³-hybridized carbons (Fsp3) is 0.111. The first kappa shape index (κ1) is 48.1. The van der Waals surface area contributed by atoms with Crippen molar-refractivity contribution in [2.75, 3.05) is 9.80 Å². The number of anilines is 6. The summed E-state index contributed by atoms with van der Waals surface area (Å²) in [4.78, 5) is 4.33. The minimum Gasteiger partial charge on any atom is -0.306 e. The van der Waals surface area contributed by atoms with Crippen LogP contribution in [0.4, 0.5) is 42.9 Å². The predicted molar refractivity (Wildman–Crippen MR) is 319 cm³/mol. The smallest absolute Gasteiger partial charge is 0.148 e. The second kappa shape index (κ2) is 19.1. The van der Waals surface area contributed by atoms with Crippen molar-refractivity contribution in [2.45, 2.75) is 55.4 Å². The van der Waals surface area contributed by atoms with Gasteiger partial charge in [0.25, 0.3) is 0 Å². The molecule has 4 heteroatoms. The molecule has 0 aliphatic carbocycles. The van der Waals surface area contributed by atoms with Crippen LogP contribution < -0.4 is 9.80 Å². The van der Waals surface area contributed by atoms with E-state index < -0.39 is 0 Å². The molecule has 12 aromatic carbocycles. The highest BCUT2D eigenvalue weighted by Crippen LogP contribution is 2.53. The van der Waals surface area contributed by atoms with Crippen molar-refractivity contribution in [3.8, 4) is 44.5 Å². The molecular formula is C72H58F2N2. The molecule has 0 unspecified atom stereocenters. The van der Waals surface area contributed by atoms with Gasteiger partial charge < -0.3 is 9.80 Å². The van der Waals surface area contributed by atoms with Gasteiger partial charge in [0.05, 0.1) is 22.7 Å². The minimum absolute atomic E-state index is 0.322. The van der Waals surface area contributed by atoms with Crippen LogP contribution in [0.3, 0.4) is 0 Å². The van der Waals surface area contributed by atoms with Crippen LogP contribution in [-0.4, -0.2) is 0 Å². The van der Waals surface area contributed by atoms with Crippen LogP contribution in [0.2, 0.25) is 0 Å². The van der Waals surface area contributed by atoms with Crippen molar-refractivity contribution in [3.05, 3.63) is 262 Å². The van der Waals surface area contributed by atoms with Gasteiger partial charge in [-0.25, -0.2) is 8.78 Å². The molecule has 12 aromatic rings. The van der Waals surface area contributed by atoms with Crippen LogP contribution in [0.1, 0.15) is 44.5 Å². The van der Waals surface area contributed by atoms with E-state index in [9.17, 15) is 0 Å². The molecule has 0 saturated carbocycles. The van der Waals surface area contributed by atoms with Gasteiger partial charge in [0.1, 0.15) is 11.6 Å². The summed E-state index contributed by atoms with van der Waals surface area (Å²) in [6.45, 7) is 16.9. The molecule has 0 spiro atoms. The highest BCUT2D eigenvalue weighted by molar-refractivity contribution is 6.28. The van der Waals surface area contributed by atoms with Gasteiger partial charge in [-0.3, -0.25) is 0 Å². The van der Waals surface area contributed by atoms with E-state index in [4.69, 9.17) is 0 Å². The molecule has 2 nitrogen and oxygen atoms in total. The van der Waals surface area contributed by atoms with Crippen LogP contribution in [0.5, 0.6) is 0 Å². The number of hydrogen-bond acceptors (Lipinski definition) is 2. The molecule has 0 radical (unpaired) electrons. The zero-order chi connectivity index (χ0) is 52.5. The van der Waals surface area contributed by atoms with Gasteiger partial charge in [0, 0.05) is 33.3 Å². The maximum absolute atomic E-state index is 18.2. The molecule has 0 fully saturated rings. The van der Waals surface area contributed by atoms with Crippen LogP contribution in [-0.2, 0) is 0 Å². The van der Waals surface area contributed by atoms with Crippen molar-refractivity contribution in [3.63, 3.8) is 0 Å². The molecule has 0 bridgehead atoms. The molecule has 370 valence electrons. The molecule has 12 rings (SSSR count). The summed E-state index contributed by atoms with van der Waals surface area (Å²) in [5.41, 5.74) is 20.1. The van der Waals surface area contributed by atoms with Gasteiger partial charge in [0.15, 0.2) is 0 Å². The number of aryl methyl sites for hydroxylation is 6. The average Bonchev–Trinajstić information content (AvgIpc) is 3.59. The van der Waals surface area contributed by atoms with Gasteiger partial charge in [-0.1, -0.05) is 158 Å². The Labute approximate surface area is 445 Å². The lowest BCUT2D eigenvalue weighted by Gasteiger charge is -2.33. The van der Waals surface area contributed by atoms with Gasteiger partial charge in [-0.2, -0.15) is 0 Å². The van der Waals surface area contributed by atoms with Crippen molar-refractivity contribution in [2.24, 2.45) is 0 Å². The Morgan fingerprint density at radius 1 is 0.276 bits per heavy atom. The van der Waals surface area contributed by atoms with Crippen LogP contribution in [0, 0.1) is 67.0 Å². The summed E-state index contributed by atoms with van der Waals surface area (Å²) in [6, 6.07) is 70.8. The van der Waals surface area contributed by atoms with Crippen molar-refractivity contribution in [1.82, 2.24) is 0 Å². The lowest BCUT2D eigenvalue weighted by molar-refractivity contribution is 0.629. The lowest BCUT2D eigenvalue weighted by Crippen LogP contribution is -2.16. The standard InChI is InChI=1S/C72H58F2N2/c1-43-23-17-29-65(49(43)7)75(71-61(57-27-15-11-21-47(57)5)39-53(41-63(71)73)55-25-13-9-19-45(55)3)67-37-33-51-32-36-60-68(38-34-52-31-35-59(67)69(51)70(52)60)76(66-30-18-24-44(2)50(66)8)72-62(58-28-16-12-22-48(58)6)40-54(42-64(72)74)56-26-14-10-20-46(56)4/h9-42H,1-8H3. The highest BCUT2D eigenvalue weighted by atomic mass is 19.1. The van der Waals surface area contributed by atoms with Gasteiger partial charge in [-0.15, -0.1) is 0 Å². The maximum Gasteiger partial charge on any atom is 0.148 e. The van der Waals surface area contributed by atoms with Gasteiger partial charge in [0.2, 0.25) is 0 Å². The number of halogens is 2. The monoisotopic (exact) mass is 988 g/mol. The fourth-order valence-electron chi connectivity index (χ4n) is 11.8. The summed E-state index contributed by atoms with van der Waals surface area (Å²) in [6.07, 6.45) is 0. The van der Waals surface area contributed by atoms with E-state index in [2.05, 4.69) is 211 Å². The average molecular weight is 989 g/mol. The summed E-state index contributed by atoms with van der Waals surface area (Å²) in [7, 11) is 0. The third kappa shape index (κ3) is 7.99. The molecule has 0 atom stereocenters. The van der Waals surface area contributed by atoms with Crippen molar-refractivity contribution < 1.29 is 8.78 Å². The largest absolute Gasteiger partial charge is 0.306 e. The topological polar surface area (TPSA) is 6.48 Å². The predicted octanol–water partition coefficient (Wildman–Crippen LogP) is 20.9. The molecule has 0 aliphatic heterocycles. The SMILES string of the molecule is Cc1ccccc1-c1cc(F)c(N(c2cccc(C)c2C)c2ccc3ccc4c(N(c5cccc(C)c5C)c5c(F)cc(-c6ccccc6C)cc5-c5ccccc5C)ccc5ccc2c3c54)c(-c2ccccc2C)c1. The van der Waals surface area contributed by atoms with E-state index in [0.717, 1.165) is 144 Å².